The minimum Gasteiger partial charge on any atom is -0.493 e. The molecule has 0 bridgehead atoms. The minimum absolute atomic E-state index is 0.140. The number of hydrogen-bond donors (Lipinski definition) is 1. The van der Waals surface area contributed by atoms with Crippen molar-refractivity contribution < 1.29 is 23.0 Å². The predicted molar refractivity (Wildman–Crippen MR) is 78.8 cm³/mol. The molecule has 2 aromatic carbocycles. The van der Waals surface area contributed by atoms with Crippen LogP contribution >= 0.6 is 0 Å². The third-order valence-electron chi connectivity index (χ3n) is 2.95. The Bertz CT molecular complexity index is 657. The van der Waals surface area contributed by atoms with E-state index in [1.807, 2.05) is 19.1 Å². The topological polar surface area (TPSA) is 47.6 Å². The Balaban J connectivity index is 2.18. The highest BCUT2D eigenvalue weighted by Gasteiger charge is 2.13. The second-order valence-corrected chi connectivity index (χ2v) is 4.56. The number of aryl methyl sites for hydroxylation is 1. The smallest absolute Gasteiger partial charge is 0.387 e. The zero-order valence-electron chi connectivity index (χ0n) is 12.1. The lowest BCUT2D eigenvalue weighted by molar-refractivity contribution is -0.0511. The second-order valence-electron chi connectivity index (χ2n) is 4.56. The van der Waals surface area contributed by atoms with Gasteiger partial charge in [0.2, 0.25) is 0 Å². The van der Waals surface area contributed by atoms with Gasteiger partial charge in [-0.15, -0.1) is 0 Å². The third-order valence-corrected chi connectivity index (χ3v) is 2.95. The van der Waals surface area contributed by atoms with Gasteiger partial charge >= 0.3 is 6.61 Å². The van der Waals surface area contributed by atoms with E-state index < -0.39 is 6.61 Å². The van der Waals surface area contributed by atoms with Crippen molar-refractivity contribution in [3.63, 3.8) is 0 Å². The van der Waals surface area contributed by atoms with Crippen LogP contribution in [0.25, 0.3) is 0 Å². The second kappa shape index (κ2) is 6.89. The first-order chi connectivity index (χ1) is 10.5. The van der Waals surface area contributed by atoms with Gasteiger partial charge in [0.05, 0.1) is 7.11 Å². The Morgan fingerprint density at radius 3 is 2.36 bits per heavy atom. The zero-order chi connectivity index (χ0) is 16.1. The van der Waals surface area contributed by atoms with E-state index in [2.05, 4.69) is 10.1 Å². The highest BCUT2D eigenvalue weighted by atomic mass is 19.3. The van der Waals surface area contributed by atoms with Crippen molar-refractivity contribution in [1.82, 2.24) is 0 Å². The molecule has 116 valence electrons. The van der Waals surface area contributed by atoms with Crippen LogP contribution in [-0.4, -0.2) is 19.6 Å². The van der Waals surface area contributed by atoms with Gasteiger partial charge in [0.25, 0.3) is 5.91 Å². The Morgan fingerprint density at radius 2 is 1.77 bits per heavy atom. The van der Waals surface area contributed by atoms with Crippen molar-refractivity contribution in [1.29, 1.82) is 0 Å². The Labute approximate surface area is 126 Å². The third kappa shape index (κ3) is 3.94. The van der Waals surface area contributed by atoms with E-state index in [1.54, 1.807) is 18.2 Å². The Kier molecular flexibility index (Phi) is 4.93. The van der Waals surface area contributed by atoms with Crippen LogP contribution < -0.4 is 14.8 Å². The summed E-state index contributed by atoms with van der Waals surface area (Å²) in [5, 5.41) is 2.62. The van der Waals surface area contributed by atoms with Gasteiger partial charge in [0, 0.05) is 17.3 Å². The molecule has 1 amide bonds. The fraction of sp³-hybridized carbons (Fsp3) is 0.188. The van der Waals surface area contributed by atoms with Crippen LogP contribution in [0.3, 0.4) is 0 Å². The molecule has 0 fully saturated rings. The molecule has 0 radical (unpaired) electrons. The lowest BCUT2D eigenvalue weighted by atomic mass is 10.1. The summed E-state index contributed by atoms with van der Waals surface area (Å²) < 4.78 is 34.0. The van der Waals surface area contributed by atoms with Gasteiger partial charge in [-0.25, -0.2) is 0 Å². The van der Waals surface area contributed by atoms with Crippen LogP contribution in [0.1, 0.15) is 15.9 Å². The highest BCUT2D eigenvalue weighted by Crippen LogP contribution is 2.31. The van der Waals surface area contributed by atoms with Gasteiger partial charge in [0.1, 0.15) is 0 Å². The average molecular weight is 307 g/mol. The Morgan fingerprint density at radius 1 is 1.09 bits per heavy atom. The summed E-state index contributed by atoms with van der Waals surface area (Å²) in [5.41, 5.74) is 1.84. The van der Waals surface area contributed by atoms with Crippen molar-refractivity contribution in [3.8, 4) is 11.5 Å². The van der Waals surface area contributed by atoms with Crippen LogP contribution in [0.5, 0.6) is 11.5 Å². The number of carbonyl (C=O) groups excluding carboxylic acids is 1. The molecule has 0 heterocycles. The van der Waals surface area contributed by atoms with Crippen molar-refractivity contribution in [2.75, 3.05) is 12.4 Å². The molecule has 0 aromatic heterocycles. The van der Waals surface area contributed by atoms with Crippen LogP contribution in [0, 0.1) is 6.92 Å². The first kappa shape index (κ1) is 15.8. The van der Waals surface area contributed by atoms with Gasteiger partial charge in [-0.2, -0.15) is 8.78 Å². The molecule has 1 N–H and O–H groups in total. The number of hydrogen-bond acceptors (Lipinski definition) is 3. The molecule has 2 rings (SSSR count). The van der Waals surface area contributed by atoms with E-state index in [9.17, 15) is 13.6 Å². The van der Waals surface area contributed by atoms with E-state index in [4.69, 9.17) is 4.74 Å². The number of methoxy groups -OCH3 is 1. The number of benzene rings is 2. The normalized spacial score (nSPS) is 10.4. The number of halogens is 2. The number of nitrogens with one attached hydrogen (secondary N) is 1. The number of rotatable bonds is 5. The van der Waals surface area contributed by atoms with Crippen LogP contribution in [0.2, 0.25) is 0 Å². The quantitative estimate of drug-likeness (QED) is 0.912. The summed E-state index contributed by atoms with van der Waals surface area (Å²) in [6.07, 6.45) is 0. The molecule has 2 aromatic rings. The minimum atomic E-state index is -2.98. The average Bonchev–Trinajstić information content (AvgIpc) is 2.47. The lowest BCUT2D eigenvalue weighted by Gasteiger charge is -2.12. The van der Waals surface area contributed by atoms with E-state index in [0.29, 0.717) is 11.3 Å². The summed E-state index contributed by atoms with van der Waals surface area (Å²) in [6.45, 7) is -1.06. The van der Waals surface area contributed by atoms with Gasteiger partial charge in [-0.1, -0.05) is 17.7 Å². The fourth-order valence-electron chi connectivity index (χ4n) is 1.85. The van der Waals surface area contributed by atoms with Crippen LogP contribution in [0.4, 0.5) is 14.5 Å². The van der Waals surface area contributed by atoms with Crippen molar-refractivity contribution in [2.24, 2.45) is 0 Å². The number of ether oxygens (including phenoxy) is 2. The van der Waals surface area contributed by atoms with Gasteiger partial charge < -0.3 is 14.8 Å². The number of alkyl halides is 2. The monoisotopic (exact) mass is 307 g/mol. The molecule has 4 nitrogen and oxygen atoms in total. The summed E-state index contributed by atoms with van der Waals surface area (Å²) in [4.78, 5) is 12.1. The molecule has 0 saturated heterocycles. The molecule has 0 saturated carbocycles. The maximum atomic E-state index is 12.4. The molecule has 0 aliphatic carbocycles. The molecule has 0 atom stereocenters. The molecular formula is C16H15F2NO3. The zero-order valence-corrected chi connectivity index (χ0v) is 12.1. The van der Waals surface area contributed by atoms with Crippen LogP contribution in [0.15, 0.2) is 42.5 Å². The molecular weight excluding hydrogens is 292 g/mol. The van der Waals surface area contributed by atoms with E-state index in [1.165, 1.54) is 19.2 Å². The van der Waals surface area contributed by atoms with Crippen molar-refractivity contribution in [3.05, 3.63) is 53.6 Å². The first-order valence-electron chi connectivity index (χ1n) is 6.50. The lowest BCUT2D eigenvalue weighted by Crippen LogP contribution is -2.12. The highest BCUT2D eigenvalue weighted by molar-refractivity contribution is 6.04. The van der Waals surface area contributed by atoms with E-state index in [-0.39, 0.29) is 17.4 Å². The maximum Gasteiger partial charge on any atom is 0.387 e. The predicted octanol–water partition coefficient (Wildman–Crippen LogP) is 3.86. The summed E-state index contributed by atoms with van der Waals surface area (Å²) in [7, 11) is 1.35. The molecule has 6 heteroatoms. The largest absolute Gasteiger partial charge is 0.493 e. The first-order valence-corrected chi connectivity index (χ1v) is 6.50. The number of anilines is 1. The van der Waals surface area contributed by atoms with Crippen molar-refractivity contribution in [2.45, 2.75) is 13.5 Å². The standard InChI is InChI=1S/C16H15F2NO3/c1-10-3-5-11(6-4-10)15(20)19-12-7-8-13(21-2)14(9-12)22-16(17)18/h3-9,16H,1-2H3,(H,19,20). The summed E-state index contributed by atoms with van der Waals surface area (Å²) in [5.74, 6) is -0.319. The Hall–Kier alpha value is -2.63. The summed E-state index contributed by atoms with van der Waals surface area (Å²) >= 11 is 0. The summed E-state index contributed by atoms with van der Waals surface area (Å²) in [6, 6.07) is 11.3. The van der Waals surface area contributed by atoms with Gasteiger partial charge in [-0.05, 0) is 31.2 Å². The van der Waals surface area contributed by atoms with E-state index >= 15 is 0 Å². The number of carbonyl (C=O) groups is 1. The molecule has 0 unspecified atom stereocenters. The fourth-order valence-corrected chi connectivity index (χ4v) is 1.85. The van der Waals surface area contributed by atoms with Crippen LogP contribution in [-0.2, 0) is 0 Å². The molecule has 0 aliphatic heterocycles. The number of amides is 1. The van der Waals surface area contributed by atoms with Gasteiger partial charge in [-0.3, -0.25) is 4.79 Å². The molecule has 22 heavy (non-hydrogen) atoms. The molecule has 0 spiro atoms. The SMILES string of the molecule is COc1ccc(NC(=O)c2ccc(C)cc2)cc1OC(F)F. The van der Waals surface area contributed by atoms with Crippen molar-refractivity contribution >= 4 is 11.6 Å². The van der Waals surface area contributed by atoms with Gasteiger partial charge in [0.15, 0.2) is 11.5 Å². The molecule has 0 aliphatic rings. The maximum absolute atomic E-state index is 12.4. The van der Waals surface area contributed by atoms with E-state index in [0.717, 1.165) is 5.56 Å².